The van der Waals surface area contributed by atoms with Crippen molar-refractivity contribution in [3.8, 4) is 17.4 Å². The van der Waals surface area contributed by atoms with Gasteiger partial charge in [-0.2, -0.15) is 13.2 Å². The first-order valence-corrected chi connectivity index (χ1v) is 4.97. The monoisotopic (exact) mass is 255 g/mol. The molecule has 0 aliphatic heterocycles. The molecule has 0 fully saturated rings. The summed E-state index contributed by atoms with van der Waals surface area (Å²) >= 11 is 0. The van der Waals surface area contributed by atoms with Crippen molar-refractivity contribution >= 4 is 0 Å². The molecule has 1 aromatic heterocycles. The summed E-state index contributed by atoms with van der Waals surface area (Å²) in [7, 11) is 0. The maximum absolute atomic E-state index is 12.4. The largest absolute Gasteiger partial charge is 0.504 e. The predicted octanol–water partition coefficient (Wildman–Crippen LogP) is 3.60. The highest BCUT2D eigenvalue weighted by atomic mass is 19.4. The number of para-hydroxylation sites is 2. The van der Waals surface area contributed by atoms with E-state index >= 15 is 0 Å². The zero-order valence-electron chi connectivity index (χ0n) is 8.98. The van der Waals surface area contributed by atoms with Gasteiger partial charge in [0.15, 0.2) is 11.5 Å². The van der Waals surface area contributed by atoms with E-state index in [9.17, 15) is 18.3 Å². The summed E-state index contributed by atoms with van der Waals surface area (Å²) in [5.41, 5.74) is -1.05. The number of aromatic nitrogens is 1. The molecule has 2 aromatic rings. The van der Waals surface area contributed by atoms with Crippen molar-refractivity contribution in [2.45, 2.75) is 6.18 Å². The van der Waals surface area contributed by atoms with E-state index in [1.807, 2.05) is 0 Å². The number of halogens is 3. The number of rotatable bonds is 2. The fourth-order valence-corrected chi connectivity index (χ4v) is 1.29. The first-order valence-electron chi connectivity index (χ1n) is 4.97. The fourth-order valence-electron chi connectivity index (χ4n) is 1.29. The molecule has 0 atom stereocenters. The van der Waals surface area contributed by atoms with E-state index in [4.69, 9.17) is 4.74 Å². The lowest BCUT2D eigenvalue weighted by atomic mass is 10.3. The molecule has 0 saturated carbocycles. The molecule has 0 unspecified atom stereocenters. The highest BCUT2D eigenvalue weighted by Crippen LogP contribution is 2.32. The lowest BCUT2D eigenvalue weighted by Gasteiger charge is -2.09. The zero-order valence-corrected chi connectivity index (χ0v) is 8.98. The quantitative estimate of drug-likeness (QED) is 0.891. The fraction of sp³-hybridized carbons (Fsp3) is 0.0833. The van der Waals surface area contributed by atoms with Gasteiger partial charge in [0.1, 0.15) is 5.69 Å². The third-order valence-corrected chi connectivity index (χ3v) is 2.09. The van der Waals surface area contributed by atoms with E-state index in [2.05, 4.69) is 4.98 Å². The van der Waals surface area contributed by atoms with E-state index in [-0.39, 0.29) is 17.4 Å². The molecule has 18 heavy (non-hydrogen) atoms. The first-order chi connectivity index (χ1) is 8.47. The van der Waals surface area contributed by atoms with Crippen molar-refractivity contribution in [1.29, 1.82) is 0 Å². The lowest BCUT2D eigenvalue weighted by Crippen LogP contribution is -2.07. The molecule has 0 spiro atoms. The number of pyridine rings is 1. The Bertz CT molecular complexity index is 555. The minimum Gasteiger partial charge on any atom is -0.504 e. The SMILES string of the molecule is Oc1ccccc1Oc1cccc(C(F)(F)F)n1. The van der Waals surface area contributed by atoms with Crippen molar-refractivity contribution in [2.75, 3.05) is 0 Å². The minimum atomic E-state index is -4.53. The molecular formula is C12H8F3NO2. The minimum absolute atomic E-state index is 0.0457. The molecule has 1 heterocycles. The van der Waals surface area contributed by atoms with Gasteiger partial charge in [-0.15, -0.1) is 0 Å². The van der Waals surface area contributed by atoms with Gasteiger partial charge in [0.05, 0.1) is 0 Å². The third kappa shape index (κ3) is 2.71. The molecule has 0 aliphatic rings. The van der Waals surface area contributed by atoms with Crippen molar-refractivity contribution in [3.05, 3.63) is 48.2 Å². The molecule has 0 saturated heterocycles. The van der Waals surface area contributed by atoms with Gasteiger partial charge in [0.25, 0.3) is 0 Å². The summed E-state index contributed by atoms with van der Waals surface area (Å²) in [6.07, 6.45) is -4.53. The Morgan fingerprint density at radius 1 is 1.00 bits per heavy atom. The normalized spacial score (nSPS) is 11.3. The number of nitrogens with zero attached hydrogens (tertiary/aromatic N) is 1. The first kappa shape index (κ1) is 12.2. The van der Waals surface area contributed by atoms with E-state index in [0.29, 0.717) is 0 Å². The van der Waals surface area contributed by atoms with E-state index in [1.165, 1.54) is 24.3 Å². The Balaban J connectivity index is 2.28. The molecule has 0 amide bonds. The van der Waals surface area contributed by atoms with Crippen molar-refractivity contribution in [2.24, 2.45) is 0 Å². The van der Waals surface area contributed by atoms with E-state index < -0.39 is 11.9 Å². The number of phenolic OH excluding ortho intramolecular Hbond substituents is 1. The second-order valence-corrected chi connectivity index (χ2v) is 3.43. The maximum atomic E-state index is 12.4. The van der Waals surface area contributed by atoms with Gasteiger partial charge in [0.2, 0.25) is 5.88 Å². The van der Waals surface area contributed by atoms with Gasteiger partial charge >= 0.3 is 6.18 Å². The Morgan fingerprint density at radius 3 is 2.39 bits per heavy atom. The van der Waals surface area contributed by atoms with Crippen molar-refractivity contribution in [1.82, 2.24) is 4.98 Å². The predicted molar refractivity (Wildman–Crippen MR) is 57.4 cm³/mol. The smallest absolute Gasteiger partial charge is 0.433 e. The highest BCUT2D eigenvalue weighted by Gasteiger charge is 2.32. The van der Waals surface area contributed by atoms with Crippen molar-refractivity contribution in [3.63, 3.8) is 0 Å². The van der Waals surface area contributed by atoms with E-state index in [1.54, 1.807) is 12.1 Å². The summed E-state index contributed by atoms with van der Waals surface area (Å²) in [4.78, 5) is 3.32. The second kappa shape index (κ2) is 4.56. The van der Waals surface area contributed by atoms with Gasteiger partial charge in [0, 0.05) is 6.07 Å². The molecule has 3 nitrogen and oxygen atoms in total. The number of ether oxygens (including phenoxy) is 1. The maximum Gasteiger partial charge on any atom is 0.433 e. The Hall–Kier alpha value is -2.24. The average molecular weight is 255 g/mol. The van der Waals surface area contributed by atoms with Crippen LogP contribution in [0.1, 0.15) is 5.69 Å². The molecule has 0 bridgehead atoms. The number of phenols is 1. The Labute approximate surface area is 100 Å². The van der Waals surface area contributed by atoms with Crippen LogP contribution in [-0.4, -0.2) is 10.1 Å². The standard InChI is InChI=1S/C12H8F3NO2/c13-12(14,15)10-6-3-7-11(16-10)18-9-5-2-1-4-8(9)17/h1-7,17H. The number of benzene rings is 1. The molecule has 0 radical (unpaired) electrons. The van der Waals surface area contributed by atoms with Crippen LogP contribution in [0.25, 0.3) is 0 Å². The molecule has 0 aliphatic carbocycles. The third-order valence-electron chi connectivity index (χ3n) is 2.09. The Morgan fingerprint density at radius 2 is 1.72 bits per heavy atom. The molecular weight excluding hydrogens is 247 g/mol. The molecule has 1 N–H and O–H groups in total. The van der Waals surface area contributed by atoms with Crippen LogP contribution in [0.4, 0.5) is 13.2 Å². The number of hydrogen-bond donors (Lipinski definition) is 1. The molecule has 1 aromatic carbocycles. The van der Waals surface area contributed by atoms with Crippen LogP contribution in [0.5, 0.6) is 17.4 Å². The van der Waals surface area contributed by atoms with Crippen LogP contribution in [0.15, 0.2) is 42.5 Å². The summed E-state index contributed by atoms with van der Waals surface area (Å²) in [5, 5.41) is 9.43. The average Bonchev–Trinajstić information content (AvgIpc) is 2.31. The Kier molecular flexibility index (Phi) is 3.10. The van der Waals surface area contributed by atoms with Crippen LogP contribution < -0.4 is 4.74 Å². The van der Waals surface area contributed by atoms with Crippen LogP contribution in [0.2, 0.25) is 0 Å². The zero-order chi connectivity index (χ0) is 13.2. The summed E-state index contributed by atoms with van der Waals surface area (Å²) in [6, 6.07) is 9.26. The lowest BCUT2D eigenvalue weighted by molar-refractivity contribution is -0.141. The van der Waals surface area contributed by atoms with Crippen molar-refractivity contribution < 1.29 is 23.0 Å². The van der Waals surface area contributed by atoms with Gasteiger partial charge in [-0.25, -0.2) is 4.98 Å². The summed E-state index contributed by atoms with van der Waals surface area (Å²) < 4.78 is 42.3. The van der Waals surface area contributed by atoms with Crippen LogP contribution in [-0.2, 0) is 6.18 Å². The topological polar surface area (TPSA) is 42.4 Å². The van der Waals surface area contributed by atoms with Gasteiger partial charge in [-0.05, 0) is 18.2 Å². The molecule has 6 heteroatoms. The highest BCUT2D eigenvalue weighted by molar-refractivity contribution is 5.40. The van der Waals surface area contributed by atoms with Gasteiger partial charge in [-0.1, -0.05) is 18.2 Å². The van der Waals surface area contributed by atoms with Crippen LogP contribution >= 0.6 is 0 Å². The van der Waals surface area contributed by atoms with Crippen LogP contribution in [0, 0.1) is 0 Å². The summed E-state index contributed by atoms with van der Waals surface area (Å²) in [6.45, 7) is 0. The molecule has 94 valence electrons. The number of aromatic hydroxyl groups is 1. The van der Waals surface area contributed by atoms with Gasteiger partial charge < -0.3 is 9.84 Å². The van der Waals surface area contributed by atoms with E-state index in [0.717, 1.165) is 6.07 Å². The molecule has 2 rings (SSSR count). The second-order valence-electron chi connectivity index (χ2n) is 3.43. The number of hydrogen-bond acceptors (Lipinski definition) is 3. The van der Waals surface area contributed by atoms with Gasteiger partial charge in [-0.3, -0.25) is 0 Å². The number of alkyl halides is 3. The summed E-state index contributed by atoms with van der Waals surface area (Å²) in [5.74, 6) is -0.354. The van der Waals surface area contributed by atoms with Crippen LogP contribution in [0.3, 0.4) is 0 Å².